The summed E-state index contributed by atoms with van der Waals surface area (Å²) in [6.07, 6.45) is -4.23. The quantitative estimate of drug-likeness (QED) is 0.866. The molecule has 0 spiro atoms. The molecule has 0 fully saturated rings. The van der Waals surface area contributed by atoms with Gasteiger partial charge in [0.15, 0.2) is 17.3 Å². The van der Waals surface area contributed by atoms with Crippen LogP contribution in [0.15, 0.2) is 36.4 Å². The lowest BCUT2D eigenvalue weighted by atomic mass is 10.0. The maximum atomic E-state index is 14.0. The van der Waals surface area contributed by atoms with E-state index in [1.165, 1.54) is 18.2 Å². The van der Waals surface area contributed by atoms with Gasteiger partial charge in [0.1, 0.15) is 5.82 Å². The largest absolute Gasteiger partial charge is 0.586 e. The van der Waals surface area contributed by atoms with Crippen LogP contribution in [0.4, 0.5) is 13.2 Å². The second kappa shape index (κ2) is 5.55. The molecule has 0 unspecified atom stereocenters. The van der Waals surface area contributed by atoms with Crippen molar-refractivity contribution in [2.24, 2.45) is 0 Å². The Kier molecular flexibility index (Phi) is 3.67. The average molecular weight is 338 g/mol. The van der Waals surface area contributed by atoms with Crippen LogP contribution in [-0.2, 0) is 6.42 Å². The minimum Gasteiger partial charge on any atom is -0.478 e. The Bertz CT molecular complexity index is 848. The molecule has 0 amide bonds. The number of aromatic carboxylic acids is 1. The van der Waals surface area contributed by atoms with Gasteiger partial charge in [0.25, 0.3) is 0 Å². The van der Waals surface area contributed by atoms with Gasteiger partial charge < -0.3 is 14.6 Å². The van der Waals surface area contributed by atoms with Crippen molar-refractivity contribution in [2.45, 2.75) is 12.7 Å². The van der Waals surface area contributed by atoms with Gasteiger partial charge in [0.05, 0.1) is 5.56 Å². The van der Waals surface area contributed by atoms with Crippen molar-refractivity contribution in [3.63, 3.8) is 0 Å². The fourth-order valence-corrected chi connectivity index (χ4v) is 2.28. The smallest absolute Gasteiger partial charge is 0.478 e. The Morgan fingerprint density at radius 1 is 1.08 bits per heavy atom. The predicted octanol–water partition coefficient (Wildman–Crippen LogP) is 3.27. The van der Waals surface area contributed by atoms with E-state index in [-0.39, 0.29) is 22.6 Å². The lowest BCUT2D eigenvalue weighted by Gasteiger charge is -2.06. The minimum absolute atomic E-state index is 0.00942. The molecule has 0 atom stereocenters. The van der Waals surface area contributed by atoms with Crippen LogP contribution in [0.5, 0.6) is 11.5 Å². The van der Waals surface area contributed by atoms with Crippen LogP contribution in [0.1, 0.15) is 26.3 Å². The molecule has 1 heterocycles. The first-order valence-corrected chi connectivity index (χ1v) is 6.70. The van der Waals surface area contributed by atoms with Gasteiger partial charge in [-0.25, -0.2) is 9.18 Å². The normalized spacial score (nSPS) is 14.5. The number of benzene rings is 2. The van der Waals surface area contributed by atoms with Crippen LogP contribution < -0.4 is 9.47 Å². The first-order chi connectivity index (χ1) is 11.3. The summed E-state index contributed by atoms with van der Waals surface area (Å²) < 4.78 is 48.4. The number of fused-ring (bicyclic) bond motifs is 1. The zero-order valence-corrected chi connectivity index (χ0v) is 11.9. The number of hydrogen-bond donors (Lipinski definition) is 1. The Labute approximate surface area is 133 Å². The maximum Gasteiger partial charge on any atom is 0.586 e. The number of hydrogen-bond acceptors (Lipinski definition) is 4. The Morgan fingerprint density at radius 3 is 2.50 bits per heavy atom. The number of carboxylic acid groups (broad SMARTS) is 1. The van der Waals surface area contributed by atoms with E-state index >= 15 is 0 Å². The van der Waals surface area contributed by atoms with Gasteiger partial charge >= 0.3 is 12.3 Å². The molecule has 1 aliphatic heterocycles. The van der Waals surface area contributed by atoms with Gasteiger partial charge in [0.2, 0.25) is 0 Å². The molecular weight excluding hydrogens is 329 g/mol. The second-order valence-corrected chi connectivity index (χ2v) is 5.01. The monoisotopic (exact) mass is 338 g/mol. The maximum absolute atomic E-state index is 14.0. The van der Waals surface area contributed by atoms with E-state index < -0.39 is 35.8 Å². The summed E-state index contributed by atoms with van der Waals surface area (Å²) in [6, 6.07) is 7.13. The van der Waals surface area contributed by atoms with Gasteiger partial charge in [-0.1, -0.05) is 12.1 Å². The third kappa shape index (κ3) is 2.90. The van der Waals surface area contributed by atoms with Crippen LogP contribution in [0.2, 0.25) is 0 Å². The summed E-state index contributed by atoms with van der Waals surface area (Å²) in [4.78, 5) is 23.1. The number of Topliss-reactive ketones (excluding diaryl/α,β-unsaturated/α-hetero) is 1. The number of ether oxygens (including phenoxy) is 2. The molecule has 124 valence electrons. The summed E-state index contributed by atoms with van der Waals surface area (Å²) in [7, 11) is 0. The molecule has 1 N–H and O–H groups in total. The van der Waals surface area contributed by atoms with Crippen LogP contribution in [-0.4, -0.2) is 23.2 Å². The topological polar surface area (TPSA) is 72.8 Å². The number of carboxylic acids is 1. The number of alkyl halides is 2. The number of carbonyl (C=O) groups is 2. The van der Waals surface area contributed by atoms with E-state index in [1.807, 2.05) is 0 Å². The molecule has 2 aromatic carbocycles. The molecule has 24 heavy (non-hydrogen) atoms. The molecule has 5 nitrogen and oxygen atoms in total. The van der Waals surface area contributed by atoms with Crippen molar-refractivity contribution in [2.75, 3.05) is 0 Å². The van der Waals surface area contributed by atoms with E-state index in [9.17, 15) is 22.8 Å². The van der Waals surface area contributed by atoms with Gasteiger partial charge in [-0.2, -0.15) is 0 Å². The lowest BCUT2D eigenvalue weighted by Crippen LogP contribution is -2.25. The predicted molar refractivity (Wildman–Crippen MR) is 74.0 cm³/mol. The highest BCUT2D eigenvalue weighted by Crippen LogP contribution is 2.41. The number of rotatable bonds is 4. The van der Waals surface area contributed by atoms with Gasteiger partial charge in [-0.3, -0.25) is 4.79 Å². The van der Waals surface area contributed by atoms with Crippen LogP contribution in [0.25, 0.3) is 0 Å². The average Bonchev–Trinajstić information content (AvgIpc) is 2.81. The third-order valence-corrected chi connectivity index (χ3v) is 3.38. The first-order valence-electron chi connectivity index (χ1n) is 6.70. The molecule has 1 aliphatic rings. The van der Waals surface area contributed by atoms with Crippen molar-refractivity contribution < 1.29 is 37.3 Å². The summed E-state index contributed by atoms with van der Waals surface area (Å²) in [5, 5.41) is 8.87. The molecular formula is C16H9F3O5. The molecule has 2 aromatic rings. The van der Waals surface area contributed by atoms with Crippen molar-refractivity contribution in [3.05, 3.63) is 58.9 Å². The highest BCUT2D eigenvalue weighted by molar-refractivity contribution is 5.98. The van der Waals surface area contributed by atoms with Gasteiger partial charge in [-0.15, -0.1) is 8.78 Å². The standard InChI is InChI=1S/C16H9F3O5/c17-14-9(2-1-3-10(14)15(21)22)6-11(20)8-4-5-12-13(7-8)24-16(18,19)23-12/h1-5,7H,6H2,(H,21,22). The zero-order chi connectivity index (χ0) is 17.5. The summed E-state index contributed by atoms with van der Waals surface area (Å²) in [5.41, 5.74) is -0.649. The fraction of sp³-hybridized carbons (Fsp3) is 0.125. The van der Waals surface area contributed by atoms with E-state index in [0.29, 0.717) is 0 Å². The molecule has 0 bridgehead atoms. The Hall–Kier alpha value is -3.03. The fourth-order valence-electron chi connectivity index (χ4n) is 2.28. The van der Waals surface area contributed by atoms with E-state index in [1.54, 1.807) is 0 Å². The van der Waals surface area contributed by atoms with Crippen molar-refractivity contribution in [1.82, 2.24) is 0 Å². The van der Waals surface area contributed by atoms with Crippen LogP contribution >= 0.6 is 0 Å². The summed E-state index contributed by atoms with van der Waals surface area (Å²) in [6.45, 7) is 0. The number of carbonyl (C=O) groups excluding carboxylic acids is 1. The highest BCUT2D eigenvalue weighted by atomic mass is 19.3. The van der Waals surface area contributed by atoms with Crippen molar-refractivity contribution in [3.8, 4) is 11.5 Å². The molecule has 8 heteroatoms. The van der Waals surface area contributed by atoms with Gasteiger partial charge in [0, 0.05) is 12.0 Å². The van der Waals surface area contributed by atoms with E-state index in [2.05, 4.69) is 9.47 Å². The van der Waals surface area contributed by atoms with Gasteiger partial charge in [-0.05, 0) is 29.8 Å². The number of ketones is 1. The Morgan fingerprint density at radius 2 is 1.79 bits per heavy atom. The second-order valence-electron chi connectivity index (χ2n) is 5.01. The molecule has 0 saturated carbocycles. The molecule has 0 aromatic heterocycles. The summed E-state index contributed by atoms with van der Waals surface area (Å²) >= 11 is 0. The highest BCUT2D eigenvalue weighted by Gasteiger charge is 2.43. The molecule has 0 saturated heterocycles. The minimum atomic E-state index is -3.80. The van der Waals surface area contributed by atoms with Crippen molar-refractivity contribution >= 4 is 11.8 Å². The lowest BCUT2D eigenvalue weighted by molar-refractivity contribution is -0.286. The molecule has 3 rings (SSSR count). The van der Waals surface area contributed by atoms with Crippen molar-refractivity contribution in [1.29, 1.82) is 0 Å². The summed E-state index contributed by atoms with van der Waals surface area (Å²) in [5.74, 6) is -3.56. The van der Waals surface area contributed by atoms with Crippen LogP contribution in [0, 0.1) is 5.82 Å². The zero-order valence-electron chi connectivity index (χ0n) is 11.9. The first kappa shape index (κ1) is 15.9. The number of halogens is 3. The Balaban J connectivity index is 1.85. The van der Waals surface area contributed by atoms with E-state index in [4.69, 9.17) is 5.11 Å². The van der Waals surface area contributed by atoms with Crippen LogP contribution in [0.3, 0.4) is 0 Å². The third-order valence-electron chi connectivity index (χ3n) is 3.38. The van der Waals surface area contributed by atoms with E-state index in [0.717, 1.165) is 18.2 Å². The SMILES string of the molecule is O=C(Cc1cccc(C(=O)O)c1F)c1ccc2c(c1)OC(F)(F)O2. The molecule has 0 aliphatic carbocycles. The molecule has 0 radical (unpaired) electrons.